The Balaban J connectivity index is 1.55. The molecule has 2 heterocycles. The third kappa shape index (κ3) is 4.98. The Bertz CT molecular complexity index is 1070. The van der Waals surface area contributed by atoms with Gasteiger partial charge in [-0.05, 0) is 24.6 Å². The van der Waals surface area contributed by atoms with Crippen molar-refractivity contribution in [2.75, 3.05) is 13.6 Å². The zero-order chi connectivity index (χ0) is 20.3. The topological polar surface area (TPSA) is 79.4 Å². The van der Waals surface area contributed by atoms with Gasteiger partial charge in [0.1, 0.15) is 4.21 Å². The van der Waals surface area contributed by atoms with Crippen molar-refractivity contribution in [1.82, 2.24) is 14.6 Å². The fourth-order valence-corrected chi connectivity index (χ4v) is 5.87. The highest BCUT2D eigenvalue weighted by molar-refractivity contribution is 7.91. The molecule has 0 unspecified atom stereocenters. The lowest BCUT2D eigenvalue weighted by atomic mass is 10.1. The molecule has 0 saturated carbocycles. The molecule has 10 heteroatoms. The van der Waals surface area contributed by atoms with Crippen LogP contribution >= 0.6 is 34.3 Å². The first kappa shape index (κ1) is 20.9. The van der Waals surface area contributed by atoms with Crippen LogP contribution in [0.2, 0.25) is 4.34 Å². The van der Waals surface area contributed by atoms with E-state index in [0.717, 1.165) is 37.5 Å². The van der Waals surface area contributed by atoms with Crippen molar-refractivity contribution < 1.29 is 13.2 Å². The number of carbonyl (C=O) groups is 1. The Kier molecular flexibility index (Phi) is 6.51. The summed E-state index contributed by atoms with van der Waals surface area (Å²) in [4.78, 5) is 16.6. The molecule has 1 amide bonds. The minimum absolute atomic E-state index is 0.112. The van der Waals surface area contributed by atoms with E-state index in [1.54, 1.807) is 11.3 Å². The molecule has 6 nitrogen and oxygen atoms in total. The SMILES string of the molecule is Cc1nc(-c2ccc(CNC(=O)CN(C)S(=O)(=O)c3ccc(Cl)s3)cc2)cs1. The van der Waals surface area contributed by atoms with Crippen LogP contribution in [0.1, 0.15) is 10.6 Å². The molecule has 0 spiro atoms. The van der Waals surface area contributed by atoms with Crippen LogP contribution in [0.4, 0.5) is 0 Å². The molecule has 0 saturated heterocycles. The fourth-order valence-electron chi connectivity index (χ4n) is 2.42. The summed E-state index contributed by atoms with van der Waals surface area (Å²) in [6, 6.07) is 10.7. The molecule has 1 N–H and O–H groups in total. The van der Waals surface area contributed by atoms with E-state index in [2.05, 4.69) is 10.3 Å². The minimum Gasteiger partial charge on any atom is -0.351 e. The number of hydrogen-bond donors (Lipinski definition) is 1. The van der Waals surface area contributed by atoms with Gasteiger partial charge in [-0.2, -0.15) is 4.31 Å². The Labute approximate surface area is 176 Å². The first-order chi connectivity index (χ1) is 13.3. The number of aromatic nitrogens is 1. The number of thiophene rings is 1. The van der Waals surface area contributed by atoms with Crippen LogP contribution in [-0.4, -0.2) is 37.2 Å². The van der Waals surface area contributed by atoms with Crippen LogP contribution in [0.5, 0.6) is 0 Å². The van der Waals surface area contributed by atoms with Crippen LogP contribution in [0.25, 0.3) is 11.3 Å². The summed E-state index contributed by atoms with van der Waals surface area (Å²) in [6.45, 7) is 2.00. The van der Waals surface area contributed by atoms with E-state index in [-0.39, 0.29) is 16.7 Å². The maximum absolute atomic E-state index is 12.4. The summed E-state index contributed by atoms with van der Waals surface area (Å²) < 4.78 is 26.3. The summed E-state index contributed by atoms with van der Waals surface area (Å²) in [7, 11) is -2.36. The molecule has 3 rings (SSSR count). The largest absolute Gasteiger partial charge is 0.351 e. The molecule has 0 atom stereocenters. The average molecular weight is 456 g/mol. The van der Waals surface area contributed by atoms with Crippen molar-refractivity contribution in [3.63, 3.8) is 0 Å². The van der Waals surface area contributed by atoms with E-state index in [4.69, 9.17) is 11.6 Å². The van der Waals surface area contributed by atoms with Gasteiger partial charge in [0.25, 0.3) is 10.0 Å². The average Bonchev–Trinajstić information content (AvgIpc) is 3.29. The van der Waals surface area contributed by atoms with Gasteiger partial charge in [-0.25, -0.2) is 13.4 Å². The zero-order valence-corrected chi connectivity index (χ0v) is 18.4. The smallest absolute Gasteiger partial charge is 0.252 e. The van der Waals surface area contributed by atoms with Crippen LogP contribution in [0.15, 0.2) is 46.0 Å². The quantitative estimate of drug-likeness (QED) is 0.588. The number of hydrogen-bond acceptors (Lipinski definition) is 6. The number of amides is 1. The Morgan fingerprint density at radius 2 is 1.93 bits per heavy atom. The van der Waals surface area contributed by atoms with E-state index in [0.29, 0.717) is 10.9 Å². The van der Waals surface area contributed by atoms with Gasteiger partial charge in [0, 0.05) is 24.5 Å². The van der Waals surface area contributed by atoms with Gasteiger partial charge in [-0.15, -0.1) is 22.7 Å². The van der Waals surface area contributed by atoms with Crippen molar-refractivity contribution >= 4 is 50.2 Å². The lowest BCUT2D eigenvalue weighted by Gasteiger charge is -2.15. The molecular weight excluding hydrogens is 438 g/mol. The zero-order valence-electron chi connectivity index (χ0n) is 15.2. The third-order valence-electron chi connectivity index (χ3n) is 3.94. The predicted molar refractivity (Wildman–Crippen MR) is 113 cm³/mol. The maximum atomic E-state index is 12.4. The van der Waals surface area contributed by atoms with Gasteiger partial charge >= 0.3 is 0 Å². The number of rotatable bonds is 7. The van der Waals surface area contributed by atoms with E-state index in [1.807, 2.05) is 36.6 Å². The van der Waals surface area contributed by atoms with Crippen molar-refractivity contribution in [2.24, 2.45) is 0 Å². The lowest BCUT2D eigenvalue weighted by Crippen LogP contribution is -2.37. The van der Waals surface area contributed by atoms with Crippen LogP contribution in [0.3, 0.4) is 0 Å². The molecule has 3 aromatic rings. The molecule has 0 radical (unpaired) electrons. The second-order valence-electron chi connectivity index (χ2n) is 6.05. The first-order valence-corrected chi connectivity index (χ1v) is 11.8. The third-order valence-corrected chi connectivity index (χ3v) is 8.21. The maximum Gasteiger partial charge on any atom is 0.252 e. The summed E-state index contributed by atoms with van der Waals surface area (Å²) >= 11 is 8.36. The van der Waals surface area contributed by atoms with Crippen LogP contribution in [-0.2, 0) is 21.4 Å². The van der Waals surface area contributed by atoms with Crippen LogP contribution in [0, 0.1) is 6.92 Å². The highest BCUT2D eigenvalue weighted by atomic mass is 35.5. The van der Waals surface area contributed by atoms with Crippen molar-refractivity contribution in [3.05, 3.63) is 56.7 Å². The minimum atomic E-state index is -3.73. The molecule has 0 fully saturated rings. The van der Waals surface area contributed by atoms with Crippen molar-refractivity contribution in [2.45, 2.75) is 17.7 Å². The normalized spacial score (nSPS) is 11.7. The molecule has 0 aliphatic rings. The van der Waals surface area contributed by atoms with Crippen molar-refractivity contribution in [3.8, 4) is 11.3 Å². The van der Waals surface area contributed by atoms with Gasteiger partial charge in [0.2, 0.25) is 5.91 Å². The molecule has 1 aromatic carbocycles. The number of sulfonamides is 1. The number of carbonyl (C=O) groups excluding carboxylic acids is 1. The van der Waals surface area contributed by atoms with Gasteiger partial charge in [-0.1, -0.05) is 35.9 Å². The Morgan fingerprint density at radius 3 is 2.50 bits per heavy atom. The Hall–Kier alpha value is -1.78. The van der Waals surface area contributed by atoms with Gasteiger partial charge in [0.05, 0.1) is 21.6 Å². The van der Waals surface area contributed by atoms with E-state index in [1.165, 1.54) is 19.2 Å². The highest BCUT2D eigenvalue weighted by Gasteiger charge is 2.24. The number of nitrogens with zero attached hydrogens (tertiary/aromatic N) is 2. The Morgan fingerprint density at radius 1 is 1.21 bits per heavy atom. The van der Waals surface area contributed by atoms with E-state index in [9.17, 15) is 13.2 Å². The number of likely N-dealkylation sites (N-methyl/N-ethyl adjacent to an activating group) is 1. The lowest BCUT2D eigenvalue weighted by molar-refractivity contribution is -0.121. The van der Waals surface area contributed by atoms with E-state index >= 15 is 0 Å². The van der Waals surface area contributed by atoms with Crippen LogP contribution < -0.4 is 5.32 Å². The molecule has 148 valence electrons. The second kappa shape index (κ2) is 8.71. The van der Waals surface area contributed by atoms with Gasteiger partial charge < -0.3 is 5.32 Å². The summed E-state index contributed by atoms with van der Waals surface area (Å²) in [6.07, 6.45) is 0. The molecule has 2 aromatic heterocycles. The summed E-state index contributed by atoms with van der Waals surface area (Å²) in [5.74, 6) is -0.382. The second-order valence-corrected chi connectivity index (χ2v) is 11.1. The predicted octanol–water partition coefficient (Wildman–Crippen LogP) is 3.77. The van der Waals surface area contributed by atoms with E-state index < -0.39 is 10.0 Å². The number of nitrogens with one attached hydrogen (secondary N) is 1. The summed E-state index contributed by atoms with van der Waals surface area (Å²) in [5, 5.41) is 5.75. The molecule has 0 aliphatic heterocycles. The van der Waals surface area contributed by atoms with Gasteiger partial charge in [0.15, 0.2) is 0 Å². The number of benzene rings is 1. The monoisotopic (exact) mass is 455 g/mol. The standard InChI is InChI=1S/C18H18ClN3O3S3/c1-12-21-15(11-26-12)14-5-3-13(4-6-14)9-20-17(23)10-22(2)28(24,25)18-8-7-16(19)27-18/h3-8,11H,9-10H2,1-2H3,(H,20,23). The highest BCUT2D eigenvalue weighted by Crippen LogP contribution is 2.27. The van der Waals surface area contributed by atoms with Gasteiger partial charge in [-0.3, -0.25) is 4.79 Å². The summed E-state index contributed by atoms with van der Waals surface area (Å²) in [5.41, 5.74) is 2.86. The number of thiazole rings is 1. The molecule has 0 bridgehead atoms. The fraction of sp³-hybridized carbons (Fsp3) is 0.222. The number of halogens is 1. The first-order valence-electron chi connectivity index (χ1n) is 8.25. The molecule has 0 aliphatic carbocycles. The molecular formula is C18H18ClN3O3S3. The number of aryl methyl sites for hydroxylation is 1. The van der Waals surface area contributed by atoms with Crippen molar-refractivity contribution in [1.29, 1.82) is 0 Å². The molecule has 28 heavy (non-hydrogen) atoms.